The summed E-state index contributed by atoms with van der Waals surface area (Å²) in [5, 5.41) is 3.26. The average Bonchev–Trinajstić information content (AvgIpc) is 2.78. The van der Waals surface area contributed by atoms with Crippen LogP contribution in [0.4, 0.5) is 0 Å². The number of hydrogen-bond donors (Lipinski definition) is 1. The lowest BCUT2D eigenvalue weighted by molar-refractivity contribution is 0.213. The normalized spacial score (nSPS) is 20.4. The van der Waals surface area contributed by atoms with Crippen molar-refractivity contribution in [3.05, 3.63) is 23.8 Å². The minimum absolute atomic E-state index is 0.0949. The molecular weight excluding hydrogens is 290 g/mol. The molecule has 6 heteroatoms. The highest BCUT2D eigenvalue weighted by Crippen LogP contribution is 2.31. The van der Waals surface area contributed by atoms with Crippen molar-refractivity contribution in [2.45, 2.75) is 32.9 Å². The highest BCUT2D eigenvalue weighted by molar-refractivity contribution is 7.91. The maximum Gasteiger partial charge on any atom is 0.161 e. The van der Waals surface area contributed by atoms with E-state index >= 15 is 0 Å². The first-order chi connectivity index (χ1) is 10.0. The molecule has 2 rings (SSSR count). The summed E-state index contributed by atoms with van der Waals surface area (Å²) in [6.45, 7) is 6.20. The summed E-state index contributed by atoms with van der Waals surface area (Å²) in [5.41, 5.74) is 1.12. The second-order valence-electron chi connectivity index (χ2n) is 5.14. The number of sulfone groups is 1. The molecule has 0 amide bonds. The van der Waals surface area contributed by atoms with Gasteiger partial charge < -0.3 is 14.8 Å². The minimum Gasteiger partial charge on any atom is -0.490 e. The lowest BCUT2D eigenvalue weighted by Gasteiger charge is -2.17. The van der Waals surface area contributed by atoms with E-state index in [1.165, 1.54) is 0 Å². The fraction of sp³-hybridized carbons (Fsp3) is 0.600. The van der Waals surface area contributed by atoms with Crippen molar-refractivity contribution < 1.29 is 17.9 Å². The molecule has 1 saturated heterocycles. The summed E-state index contributed by atoms with van der Waals surface area (Å²) >= 11 is 0. The van der Waals surface area contributed by atoms with Gasteiger partial charge in [0.2, 0.25) is 0 Å². The van der Waals surface area contributed by atoms with E-state index in [1.807, 2.05) is 25.1 Å². The summed E-state index contributed by atoms with van der Waals surface area (Å²) < 4.78 is 34.4. The quantitative estimate of drug-likeness (QED) is 0.831. The van der Waals surface area contributed by atoms with Gasteiger partial charge in [0.1, 0.15) is 6.10 Å². The predicted octanol–water partition coefficient (Wildman–Crippen LogP) is 1.76. The molecule has 0 radical (unpaired) electrons. The Morgan fingerprint density at radius 2 is 2.10 bits per heavy atom. The van der Waals surface area contributed by atoms with Crippen LogP contribution in [0, 0.1) is 0 Å². The number of nitrogens with one attached hydrogen (secondary N) is 1. The molecule has 1 aliphatic rings. The Morgan fingerprint density at radius 3 is 2.71 bits per heavy atom. The van der Waals surface area contributed by atoms with Crippen molar-refractivity contribution in [2.75, 3.05) is 24.7 Å². The zero-order chi connectivity index (χ0) is 15.3. The maximum atomic E-state index is 11.5. The van der Waals surface area contributed by atoms with Gasteiger partial charge in [-0.15, -0.1) is 0 Å². The monoisotopic (exact) mass is 313 g/mol. The van der Waals surface area contributed by atoms with E-state index in [0.29, 0.717) is 24.5 Å². The zero-order valence-corrected chi connectivity index (χ0v) is 13.4. The van der Waals surface area contributed by atoms with Crippen LogP contribution in [0.15, 0.2) is 18.2 Å². The van der Waals surface area contributed by atoms with Gasteiger partial charge in [-0.05, 0) is 37.6 Å². The molecule has 1 fully saturated rings. The van der Waals surface area contributed by atoms with E-state index in [9.17, 15) is 8.42 Å². The van der Waals surface area contributed by atoms with Crippen LogP contribution < -0.4 is 14.8 Å². The Balaban J connectivity index is 2.10. The van der Waals surface area contributed by atoms with Crippen LogP contribution in [-0.4, -0.2) is 39.2 Å². The lowest BCUT2D eigenvalue weighted by atomic mass is 10.2. The maximum absolute atomic E-state index is 11.5. The fourth-order valence-electron chi connectivity index (χ4n) is 2.33. The van der Waals surface area contributed by atoms with Gasteiger partial charge >= 0.3 is 0 Å². The van der Waals surface area contributed by atoms with Crippen LogP contribution in [0.2, 0.25) is 0 Å². The zero-order valence-electron chi connectivity index (χ0n) is 12.6. The van der Waals surface area contributed by atoms with Crippen LogP contribution in [0.3, 0.4) is 0 Å². The second-order valence-corrected chi connectivity index (χ2v) is 7.37. The molecule has 0 bridgehead atoms. The highest BCUT2D eigenvalue weighted by atomic mass is 32.2. The molecule has 1 heterocycles. The summed E-state index contributed by atoms with van der Waals surface area (Å²) in [6, 6.07) is 5.79. The third-order valence-corrected chi connectivity index (χ3v) is 5.11. The van der Waals surface area contributed by atoms with E-state index in [4.69, 9.17) is 9.47 Å². The molecule has 1 atom stereocenters. The van der Waals surface area contributed by atoms with Crippen LogP contribution >= 0.6 is 0 Å². The smallest absolute Gasteiger partial charge is 0.161 e. The Labute approximate surface area is 126 Å². The van der Waals surface area contributed by atoms with Crippen molar-refractivity contribution in [1.82, 2.24) is 5.32 Å². The number of benzene rings is 1. The molecule has 21 heavy (non-hydrogen) atoms. The molecule has 1 aromatic carbocycles. The van der Waals surface area contributed by atoms with Gasteiger partial charge in [-0.25, -0.2) is 8.42 Å². The first kappa shape index (κ1) is 16.1. The molecule has 118 valence electrons. The molecule has 0 spiro atoms. The van der Waals surface area contributed by atoms with Gasteiger partial charge in [-0.3, -0.25) is 0 Å². The molecule has 0 aromatic heterocycles. The Kier molecular flexibility index (Phi) is 5.47. The second kappa shape index (κ2) is 7.13. The molecule has 0 aliphatic carbocycles. The fourth-order valence-corrected chi connectivity index (χ4v) is 3.92. The van der Waals surface area contributed by atoms with Crippen LogP contribution in [0.25, 0.3) is 0 Å². The Bertz CT molecular complexity index is 571. The molecule has 1 aliphatic heterocycles. The number of ether oxygens (including phenoxy) is 2. The molecule has 0 saturated carbocycles. The predicted molar refractivity (Wildman–Crippen MR) is 82.7 cm³/mol. The van der Waals surface area contributed by atoms with Crippen molar-refractivity contribution >= 4 is 9.84 Å². The van der Waals surface area contributed by atoms with E-state index in [1.54, 1.807) is 0 Å². The molecule has 1 N–H and O–H groups in total. The lowest BCUT2D eigenvalue weighted by Crippen LogP contribution is -2.18. The average molecular weight is 313 g/mol. The Morgan fingerprint density at radius 1 is 1.29 bits per heavy atom. The van der Waals surface area contributed by atoms with Gasteiger partial charge in [0, 0.05) is 6.54 Å². The summed E-state index contributed by atoms with van der Waals surface area (Å²) in [7, 11) is -2.94. The third kappa shape index (κ3) is 4.61. The largest absolute Gasteiger partial charge is 0.490 e. The van der Waals surface area contributed by atoms with E-state index in [-0.39, 0.29) is 17.6 Å². The SMILES string of the molecule is CCNCc1ccc(OC2CCS(=O)(=O)C2)c(OCC)c1. The van der Waals surface area contributed by atoms with Gasteiger partial charge in [0.15, 0.2) is 21.3 Å². The molecule has 1 unspecified atom stereocenters. The molecular formula is C15H23NO4S. The van der Waals surface area contributed by atoms with Gasteiger partial charge in [0.05, 0.1) is 18.1 Å². The minimum atomic E-state index is -2.94. The van der Waals surface area contributed by atoms with Crippen molar-refractivity contribution in [2.24, 2.45) is 0 Å². The molecule has 1 aromatic rings. The van der Waals surface area contributed by atoms with E-state index in [0.717, 1.165) is 18.7 Å². The van der Waals surface area contributed by atoms with E-state index in [2.05, 4.69) is 12.2 Å². The summed E-state index contributed by atoms with van der Waals surface area (Å²) in [5.74, 6) is 1.61. The standard InChI is InChI=1S/C15H23NO4S/c1-3-16-10-12-5-6-14(15(9-12)19-4-2)20-13-7-8-21(17,18)11-13/h5-6,9,13,16H,3-4,7-8,10-11H2,1-2H3. The van der Waals surface area contributed by atoms with E-state index < -0.39 is 9.84 Å². The van der Waals surface area contributed by atoms with Gasteiger partial charge in [-0.1, -0.05) is 13.0 Å². The van der Waals surface area contributed by atoms with Crippen molar-refractivity contribution in [3.63, 3.8) is 0 Å². The summed E-state index contributed by atoms with van der Waals surface area (Å²) in [6.07, 6.45) is 0.279. The van der Waals surface area contributed by atoms with Gasteiger partial charge in [-0.2, -0.15) is 0 Å². The van der Waals surface area contributed by atoms with Crippen LogP contribution in [0.5, 0.6) is 11.5 Å². The van der Waals surface area contributed by atoms with Crippen LogP contribution in [-0.2, 0) is 16.4 Å². The summed E-state index contributed by atoms with van der Waals surface area (Å²) in [4.78, 5) is 0. The number of hydrogen-bond acceptors (Lipinski definition) is 5. The van der Waals surface area contributed by atoms with Crippen molar-refractivity contribution in [1.29, 1.82) is 0 Å². The third-order valence-electron chi connectivity index (χ3n) is 3.37. The topological polar surface area (TPSA) is 64.6 Å². The van der Waals surface area contributed by atoms with Crippen molar-refractivity contribution in [3.8, 4) is 11.5 Å². The Hall–Kier alpha value is -1.27. The first-order valence-electron chi connectivity index (χ1n) is 7.37. The molecule has 5 nitrogen and oxygen atoms in total. The van der Waals surface area contributed by atoms with Crippen LogP contribution in [0.1, 0.15) is 25.8 Å². The first-order valence-corrected chi connectivity index (χ1v) is 9.19. The number of rotatable bonds is 7. The highest BCUT2D eigenvalue weighted by Gasteiger charge is 2.30. The van der Waals surface area contributed by atoms with Gasteiger partial charge in [0.25, 0.3) is 0 Å².